The number of rotatable bonds is 4. The lowest BCUT2D eigenvalue weighted by atomic mass is 10.3. The van der Waals surface area contributed by atoms with Gasteiger partial charge < -0.3 is 10.8 Å². The maximum atomic E-state index is 8.95. The van der Waals surface area contributed by atoms with Gasteiger partial charge in [0.25, 0.3) is 0 Å². The number of aromatic nitrogens is 2. The Balaban J connectivity index is 2.48. The quantitative estimate of drug-likeness (QED) is 0.693. The zero-order valence-electron chi connectivity index (χ0n) is 6.67. The monoisotopic (exact) mass is 205 g/mol. The largest absolute Gasteiger partial charge is 0.395 e. The Bertz CT molecular complexity index is 215. The summed E-state index contributed by atoms with van der Waals surface area (Å²) in [6.45, 7) is 1.94. The van der Waals surface area contributed by atoms with E-state index >= 15 is 0 Å². The molecule has 0 aliphatic carbocycles. The van der Waals surface area contributed by atoms with Crippen LogP contribution in [0.25, 0.3) is 0 Å². The van der Waals surface area contributed by atoms with Gasteiger partial charge in [-0.15, -0.1) is 10.2 Å². The maximum absolute atomic E-state index is 8.95. The van der Waals surface area contributed by atoms with Gasteiger partial charge in [-0.3, -0.25) is 0 Å². The zero-order chi connectivity index (χ0) is 8.97. The van der Waals surface area contributed by atoms with E-state index in [0.29, 0.717) is 0 Å². The minimum atomic E-state index is -0.0381. The smallest absolute Gasteiger partial charge is 0.174 e. The number of aliphatic hydroxyl groups is 1. The summed E-state index contributed by atoms with van der Waals surface area (Å²) in [6, 6.07) is -0.0381. The molecule has 0 aromatic carbocycles. The average Bonchev–Trinajstić information content (AvgIpc) is 2.51. The molecule has 1 aromatic heterocycles. The Morgan fingerprint density at radius 3 is 3.00 bits per heavy atom. The molecule has 0 saturated heterocycles. The molecular formula is C6H11N3OS2. The van der Waals surface area contributed by atoms with Crippen LogP contribution in [-0.2, 0) is 0 Å². The Kier molecular flexibility index (Phi) is 3.93. The number of nitrogens with two attached hydrogens (primary N) is 1. The third kappa shape index (κ3) is 2.71. The van der Waals surface area contributed by atoms with Crippen LogP contribution in [-0.4, -0.2) is 33.2 Å². The molecule has 68 valence electrons. The van der Waals surface area contributed by atoms with Crippen molar-refractivity contribution in [2.45, 2.75) is 22.6 Å². The van der Waals surface area contributed by atoms with Crippen molar-refractivity contribution in [2.24, 2.45) is 5.73 Å². The average molecular weight is 205 g/mol. The predicted octanol–water partition coefficient (Wildman–Crippen LogP) is 0.338. The lowest BCUT2D eigenvalue weighted by molar-refractivity contribution is 0.285. The number of hydrogen-bond donors (Lipinski definition) is 2. The molecule has 0 aliphatic rings. The van der Waals surface area contributed by atoms with Crippen LogP contribution in [0.4, 0.5) is 0 Å². The van der Waals surface area contributed by atoms with Gasteiger partial charge >= 0.3 is 0 Å². The summed E-state index contributed by atoms with van der Waals surface area (Å²) in [5.74, 6) is 0. The minimum Gasteiger partial charge on any atom is -0.395 e. The van der Waals surface area contributed by atoms with Gasteiger partial charge in [-0.25, -0.2) is 0 Å². The zero-order valence-corrected chi connectivity index (χ0v) is 8.31. The van der Waals surface area contributed by atoms with Gasteiger partial charge in [0, 0.05) is 11.3 Å². The van der Waals surface area contributed by atoms with Crippen molar-refractivity contribution >= 4 is 23.1 Å². The van der Waals surface area contributed by atoms with E-state index in [9.17, 15) is 0 Å². The molecule has 3 N–H and O–H groups in total. The first kappa shape index (κ1) is 9.91. The standard InChI is InChI=1S/C6H11N3OS2/c1-4(7)5(2-10)12-6-9-8-3-11-6/h3-5,10H,2,7H2,1H3. The van der Waals surface area contributed by atoms with Crippen LogP contribution in [0.5, 0.6) is 0 Å². The first-order chi connectivity index (χ1) is 5.74. The second-order valence-electron chi connectivity index (χ2n) is 2.40. The summed E-state index contributed by atoms with van der Waals surface area (Å²) in [6.07, 6.45) is 0. The van der Waals surface area contributed by atoms with Crippen molar-refractivity contribution in [3.8, 4) is 0 Å². The van der Waals surface area contributed by atoms with Crippen molar-refractivity contribution < 1.29 is 5.11 Å². The Morgan fingerprint density at radius 1 is 1.83 bits per heavy atom. The van der Waals surface area contributed by atoms with Gasteiger partial charge in [-0.2, -0.15) is 0 Å². The van der Waals surface area contributed by atoms with E-state index in [4.69, 9.17) is 10.8 Å². The Morgan fingerprint density at radius 2 is 2.58 bits per heavy atom. The summed E-state index contributed by atoms with van der Waals surface area (Å²) >= 11 is 2.93. The Labute approximate surface area is 79.2 Å². The van der Waals surface area contributed by atoms with Crippen molar-refractivity contribution in [1.82, 2.24) is 10.2 Å². The van der Waals surface area contributed by atoms with Crippen LogP contribution >= 0.6 is 23.1 Å². The van der Waals surface area contributed by atoms with Crippen LogP contribution in [0.1, 0.15) is 6.92 Å². The highest BCUT2D eigenvalue weighted by Gasteiger charge is 2.15. The van der Waals surface area contributed by atoms with Gasteiger partial charge in [-0.05, 0) is 6.92 Å². The van der Waals surface area contributed by atoms with Crippen LogP contribution in [0, 0.1) is 0 Å². The van der Waals surface area contributed by atoms with Gasteiger partial charge in [0.15, 0.2) is 4.34 Å². The molecule has 6 heteroatoms. The van der Waals surface area contributed by atoms with Gasteiger partial charge in [-0.1, -0.05) is 23.1 Å². The fourth-order valence-electron chi connectivity index (χ4n) is 0.655. The summed E-state index contributed by atoms with van der Waals surface area (Å²) in [4.78, 5) is 0. The molecule has 1 heterocycles. The molecule has 0 aliphatic heterocycles. The predicted molar refractivity (Wildman–Crippen MR) is 50.3 cm³/mol. The molecule has 0 spiro atoms. The molecule has 2 atom stereocenters. The summed E-state index contributed by atoms with van der Waals surface area (Å²) in [5, 5.41) is 16.5. The highest BCUT2D eigenvalue weighted by Crippen LogP contribution is 2.25. The molecule has 4 nitrogen and oxygen atoms in total. The molecule has 0 saturated carbocycles. The van der Waals surface area contributed by atoms with E-state index in [-0.39, 0.29) is 17.9 Å². The summed E-state index contributed by atoms with van der Waals surface area (Å²) in [7, 11) is 0. The molecule has 0 bridgehead atoms. The van der Waals surface area contributed by atoms with E-state index in [1.54, 1.807) is 5.51 Å². The van der Waals surface area contributed by atoms with Crippen molar-refractivity contribution in [3.63, 3.8) is 0 Å². The second-order valence-corrected chi connectivity index (χ2v) is 4.72. The fourth-order valence-corrected chi connectivity index (χ4v) is 2.30. The Hall–Kier alpha value is -0.170. The van der Waals surface area contributed by atoms with Gasteiger partial charge in [0.05, 0.1) is 6.61 Å². The van der Waals surface area contributed by atoms with Crippen LogP contribution in [0.15, 0.2) is 9.85 Å². The number of nitrogens with zero attached hydrogens (tertiary/aromatic N) is 2. The van der Waals surface area contributed by atoms with Gasteiger partial charge in [0.2, 0.25) is 0 Å². The van der Waals surface area contributed by atoms with E-state index in [0.717, 1.165) is 4.34 Å². The molecule has 0 amide bonds. The fraction of sp³-hybridized carbons (Fsp3) is 0.667. The SMILES string of the molecule is CC(N)C(CO)Sc1nncs1. The molecular weight excluding hydrogens is 194 g/mol. The number of thioether (sulfide) groups is 1. The topological polar surface area (TPSA) is 72.0 Å². The summed E-state index contributed by atoms with van der Waals surface area (Å²) < 4.78 is 0.853. The van der Waals surface area contributed by atoms with Crippen LogP contribution in [0.2, 0.25) is 0 Å². The van der Waals surface area contributed by atoms with Crippen LogP contribution < -0.4 is 5.73 Å². The highest BCUT2D eigenvalue weighted by atomic mass is 32.2. The first-order valence-electron chi connectivity index (χ1n) is 3.53. The van der Waals surface area contributed by atoms with Crippen molar-refractivity contribution in [2.75, 3.05) is 6.61 Å². The third-order valence-corrected chi connectivity index (χ3v) is 3.58. The first-order valence-corrected chi connectivity index (χ1v) is 5.29. The summed E-state index contributed by atoms with van der Waals surface area (Å²) in [5.41, 5.74) is 7.30. The van der Waals surface area contributed by atoms with E-state index in [1.165, 1.54) is 23.1 Å². The number of hydrogen-bond acceptors (Lipinski definition) is 6. The van der Waals surface area contributed by atoms with Crippen molar-refractivity contribution in [3.05, 3.63) is 5.51 Å². The molecule has 1 aromatic rings. The van der Waals surface area contributed by atoms with Crippen molar-refractivity contribution in [1.29, 1.82) is 0 Å². The molecule has 2 unspecified atom stereocenters. The lowest BCUT2D eigenvalue weighted by Gasteiger charge is -2.14. The normalized spacial score (nSPS) is 15.9. The molecule has 1 rings (SSSR count). The van der Waals surface area contributed by atoms with Crippen LogP contribution in [0.3, 0.4) is 0 Å². The third-order valence-electron chi connectivity index (χ3n) is 1.36. The number of aliphatic hydroxyl groups excluding tert-OH is 1. The van der Waals surface area contributed by atoms with E-state index in [2.05, 4.69) is 10.2 Å². The molecule has 0 fully saturated rings. The molecule has 0 radical (unpaired) electrons. The lowest BCUT2D eigenvalue weighted by Crippen LogP contribution is -2.31. The second kappa shape index (κ2) is 4.76. The molecule has 12 heavy (non-hydrogen) atoms. The van der Waals surface area contributed by atoms with Gasteiger partial charge in [0.1, 0.15) is 5.51 Å². The minimum absolute atomic E-state index is 0.0120. The highest BCUT2D eigenvalue weighted by molar-refractivity contribution is 8.01. The maximum Gasteiger partial charge on any atom is 0.174 e. The van der Waals surface area contributed by atoms with E-state index in [1.807, 2.05) is 6.92 Å². The van der Waals surface area contributed by atoms with E-state index < -0.39 is 0 Å².